The van der Waals surface area contributed by atoms with Gasteiger partial charge in [-0.15, -0.1) is 0 Å². The maximum absolute atomic E-state index is 13.7. The van der Waals surface area contributed by atoms with Crippen LogP contribution < -0.4 is 5.32 Å². The second-order valence-electron chi connectivity index (χ2n) is 8.94. The zero-order valence-electron chi connectivity index (χ0n) is 17.3. The predicted octanol–water partition coefficient (Wildman–Crippen LogP) is 3.30. The number of piperidine rings is 1. The lowest BCUT2D eigenvalue weighted by Gasteiger charge is -2.41. The molecule has 8 heteroatoms. The smallest absolute Gasteiger partial charge is 0.260 e. The first-order chi connectivity index (χ1) is 14.0. The van der Waals surface area contributed by atoms with Crippen molar-refractivity contribution in [3.63, 3.8) is 0 Å². The summed E-state index contributed by atoms with van der Waals surface area (Å²) in [4.78, 5) is 17.2. The van der Waals surface area contributed by atoms with Crippen LogP contribution in [0.1, 0.15) is 56.7 Å². The number of carbonyl (C=O) groups excluding carboxylic acids is 1. The second-order valence-corrected chi connectivity index (χ2v) is 8.94. The summed E-state index contributed by atoms with van der Waals surface area (Å²) in [5.41, 5.74) is 0.747. The topological polar surface area (TPSA) is 53.4 Å². The number of nitrogens with zero attached hydrogens (tertiary/aromatic N) is 4. The quantitative estimate of drug-likeness (QED) is 0.829. The van der Waals surface area contributed by atoms with Gasteiger partial charge in [0.25, 0.3) is 6.43 Å². The van der Waals surface area contributed by atoms with Crippen molar-refractivity contribution in [1.82, 2.24) is 19.6 Å². The van der Waals surface area contributed by atoms with E-state index < -0.39 is 12.5 Å². The monoisotopic (exact) mass is 409 g/mol. The van der Waals surface area contributed by atoms with E-state index in [0.717, 1.165) is 38.2 Å². The van der Waals surface area contributed by atoms with Crippen LogP contribution in [0.25, 0.3) is 0 Å². The van der Waals surface area contributed by atoms with Crippen LogP contribution in [0, 0.1) is 12.8 Å². The summed E-state index contributed by atoms with van der Waals surface area (Å²) >= 11 is 0. The highest BCUT2D eigenvalue weighted by Crippen LogP contribution is 2.36. The van der Waals surface area contributed by atoms with Gasteiger partial charge in [0.15, 0.2) is 0 Å². The number of hydrogen-bond acceptors (Lipinski definition) is 4. The van der Waals surface area contributed by atoms with Gasteiger partial charge < -0.3 is 10.2 Å². The Bertz CT molecular complexity index is 701. The SMILES string of the molecule is Cc1cc2n(n1)[C@@H](C(F)F)C[C@@H]([C@H]1CCCN(C(=O)CN3CCCCCC3)C1)N2. The fourth-order valence-electron chi connectivity index (χ4n) is 5.16. The van der Waals surface area contributed by atoms with Crippen LogP contribution in [0.15, 0.2) is 6.07 Å². The van der Waals surface area contributed by atoms with Crippen molar-refractivity contribution < 1.29 is 13.6 Å². The van der Waals surface area contributed by atoms with Crippen molar-refractivity contribution >= 4 is 11.7 Å². The zero-order valence-corrected chi connectivity index (χ0v) is 17.3. The van der Waals surface area contributed by atoms with E-state index in [2.05, 4.69) is 15.3 Å². The molecule has 1 aromatic rings. The molecule has 0 radical (unpaired) electrons. The second kappa shape index (κ2) is 8.98. The van der Waals surface area contributed by atoms with Crippen molar-refractivity contribution in [2.24, 2.45) is 5.92 Å². The lowest BCUT2D eigenvalue weighted by Crippen LogP contribution is -2.50. The van der Waals surface area contributed by atoms with Crippen LogP contribution in [0.2, 0.25) is 0 Å². The number of halogens is 2. The molecule has 2 saturated heterocycles. The molecule has 4 heterocycles. The Morgan fingerprint density at radius 1 is 1.21 bits per heavy atom. The Hall–Kier alpha value is -1.70. The first-order valence-corrected chi connectivity index (χ1v) is 11.1. The highest BCUT2D eigenvalue weighted by Gasteiger charge is 2.38. The third-order valence-corrected chi connectivity index (χ3v) is 6.73. The molecule has 0 aliphatic carbocycles. The molecule has 2 fully saturated rings. The lowest BCUT2D eigenvalue weighted by atomic mass is 9.86. The molecular weight excluding hydrogens is 376 g/mol. The molecule has 0 bridgehead atoms. The number of nitrogens with one attached hydrogen (secondary N) is 1. The van der Waals surface area contributed by atoms with E-state index >= 15 is 0 Å². The molecule has 0 unspecified atom stereocenters. The van der Waals surface area contributed by atoms with E-state index in [1.165, 1.54) is 30.4 Å². The van der Waals surface area contributed by atoms with Gasteiger partial charge in [-0.05, 0) is 58.0 Å². The molecule has 0 saturated carbocycles. The first-order valence-electron chi connectivity index (χ1n) is 11.1. The molecule has 4 rings (SSSR count). The molecule has 29 heavy (non-hydrogen) atoms. The van der Waals surface area contributed by atoms with E-state index in [-0.39, 0.29) is 17.9 Å². The van der Waals surface area contributed by atoms with Crippen LogP contribution in [-0.4, -0.2) is 70.7 Å². The molecule has 1 aromatic heterocycles. The average molecular weight is 410 g/mol. The van der Waals surface area contributed by atoms with E-state index in [4.69, 9.17) is 0 Å². The van der Waals surface area contributed by atoms with Gasteiger partial charge in [0, 0.05) is 25.2 Å². The van der Waals surface area contributed by atoms with E-state index in [1.807, 2.05) is 17.9 Å². The van der Waals surface area contributed by atoms with Crippen LogP contribution in [0.4, 0.5) is 14.6 Å². The minimum Gasteiger partial charge on any atom is -0.367 e. The van der Waals surface area contributed by atoms with Crippen molar-refractivity contribution in [2.45, 2.75) is 70.4 Å². The predicted molar refractivity (Wildman–Crippen MR) is 108 cm³/mol. The number of rotatable bonds is 4. The van der Waals surface area contributed by atoms with Crippen LogP contribution in [-0.2, 0) is 4.79 Å². The maximum Gasteiger partial charge on any atom is 0.260 e. The van der Waals surface area contributed by atoms with Crippen LogP contribution in [0.3, 0.4) is 0 Å². The third kappa shape index (κ3) is 4.73. The molecule has 3 aliphatic rings. The van der Waals surface area contributed by atoms with Crippen LogP contribution in [0.5, 0.6) is 0 Å². The summed E-state index contributed by atoms with van der Waals surface area (Å²) in [6.45, 7) is 5.78. The number of aromatic nitrogens is 2. The van der Waals surface area contributed by atoms with Gasteiger partial charge in [0.1, 0.15) is 11.9 Å². The number of anilines is 1. The third-order valence-electron chi connectivity index (χ3n) is 6.73. The van der Waals surface area contributed by atoms with Gasteiger partial charge >= 0.3 is 0 Å². The standard InChI is InChI=1S/C21H33F2N5O/c1-15-11-19-24-17(12-18(21(22)23)28(19)25-15)16-7-6-10-27(13-16)20(29)14-26-8-4-2-3-5-9-26/h11,16-18,21,24H,2-10,12-14H2,1H3/t16-,17-,18+/m0/s1. The average Bonchev–Trinajstić information content (AvgIpc) is 2.90. The summed E-state index contributed by atoms with van der Waals surface area (Å²) < 4.78 is 28.8. The number of aryl methyl sites for hydroxylation is 1. The fraction of sp³-hybridized carbons (Fsp3) is 0.810. The number of fused-ring (bicyclic) bond motifs is 1. The summed E-state index contributed by atoms with van der Waals surface area (Å²) in [6.07, 6.45) is 4.66. The fourth-order valence-corrected chi connectivity index (χ4v) is 5.16. The highest BCUT2D eigenvalue weighted by molar-refractivity contribution is 5.78. The number of alkyl halides is 2. The van der Waals surface area contributed by atoms with Crippen molar-refractivity contribution in [1.29, 1.82) is 0 Å². The van der Waals surface area contributed by atoms with Gasteiger partial charge in [-0.25, -0.2) is 13.5 Å². The van der Waals surface area contributed by atoms with Gasteiger partial charge in [-0.1, -0.05) is 12.8 Å². The Balaban J connectivity index is 1.39. The minimum atomic E-state index is -2.44. The van der Waals surface area contributed by atoms with E-state index in [9.17, 15) is 13.6 Å². The highest BCUT2D eigenvalue weighted by atomic mass is 19.3. The maximum atomic E-state index is 13.7. The molecule has 0 spiro atoms. The molecule has 162 valence electrons. The summed E-state index contributed by atoms with van der Waals surface area (Å²) in [7, 11) is 0. The minimum absolute atomic E-state index is 0.0496. The van der Waals surface area contributed by atoms with E-state index in [0.29, 0.717) is 25.3 Å². The summed E-state index contributed by atoms with van der Waals surface area (Å²) in [6, 6.07) is 0.895. The Morgan fingerprint density at radius 2 is 1.97 bits per heavy atom. The Morgan fingerprint density at radius 3 is 2.69 bits per heavy atom. The Kier molecular flexibility index (Phi) is 6.37. The summed E-state index contributed by atoms with van der Waals surface area (Å²) in [5, 5.41) is 7.69. The lowest BCUT2D eigenvalue weighted by molar-refractivity contribution is -0.134. The van der Waals surface area contributed by atoms with Crippen LogP contribution >= 0.6 is 0 Å². The molecule has 1 N–H and O–H groups in total. The Labute approximate surface area is 171 Å². The van der Waals surface area contributed by atoms with Crippen molar-refractivity contribution in [3.8, 4) is 0 Å². The first kappa shape index (κ1) is 20.6. The van der Waals surface area contributed by atoms with Crippen molar-refractivity contribution in [3.05, 3.63) is 11.8 Å². The molecular formula is C21H33F2N5O. The summed E-state index contributed by atoms with van der Waals surface area (Å²) in [5.74, 6) is 1.07. The van der Waals surface area contributed by atoms with Gasteiger partial charge in [-0.2, -0.15) is 5.10 Å². The molecule has 3 atom stereocenters. The van der Waals surface area contributed by atoms with Gasteiger partial charge in [0.05, 0.1) is 12.2 Å². The molecule has 3 aliphatic heterocycles. The molecule has 6 nitrogen and oxygen atoms in total. The van der Waals surface area contributed by atoms with E-state index in [1.54, 1.807) is 0 Å². The number of amides is 1. The van der Waals surface area contributed by atoms with Gasteiger partial charge in [-0.3, -0.25) is 9.69 Å². The molecule has 1 amide bonds. The number of carbonyl (C=O) groups is 1. The number of hydrogen-bond donors (Lipinski definition) is 1. The largest absolute Gasteiger partial charge is 0.367 e. The molecule has 0 aromatic carbocycles. The zero-order chi connectivity index (χ0) is 20.4. The number of likely N-dealkylation sites (tertiary alicyclic amines) is 2. The normalized spacial score (nSPS) is 28.7. The van der Waals surface area contributed by atoms with Crippen molar-refractivity contribution in [2.75, 3.05) is 38.0 Å². The van der Waals surface area contributed by atoms with Gasteiger partial charge in [0.2, 0.25) is 5.91 Å².